The maximum atomic E-state index is 13.6. The standard InChI is InChI=1S/C16H18FNO/c1-12-3-8-15(17)16(9-12)18-10-13-4-6-14(7-5-13)11-19-2/h3-9,18H,10-11H2,1-2H3. The number of rotatable bonds is 5. The Balaban J connectivity index is 2.00. The molecule has 100 valence electrons. The second kappa shape index (κ2) is 6.34. The third-order valence-corrected chi connectivity index (χ3v) is 2.94. The van der Waals surface area contributed by atoms with Gasteiger partial charge in [-0.1, -0.05) is 30.3 Å². The van der Waals surface area contributed by atoms with E-state index < -0.39 is 0 Å². The van der Waals surface area contributed by atoms with E-state index in [1.165, 1.54) is 6.07 Å². The fourth-order valence-corrected chi connectivity index (χ4v) is 1.89. The molecule has 1 N–H and O–H groups in total. The molecular weight excluding hydrogens is 241 g/mol. The van der Waals surface area contributed by atoms with Gasteiger partial charge < -0.3 is 10.1 Å². The van der Waals surface area contributed by atoms with E-state index in [1.807, 2.05) is 37.3 Å². The van der Waals surface area contributed by atoms with Crippen molar-refractivity contribution in [2.75, 3.05) is 12.4 Å². The minimum atomic E-state index is -0.221. The number of hydrogen-bond acceptors (Lipinski definition) is 2. The SMILES string of the molecule is COCc1ccc(CNc2cc(C)ccc2F)cc1. The molecule has 0 bridgehead atoms. The predicted molar refractivity (Wildman–Crippen MR) is 75.6 cm³/mol. The topological polar surface area (TPSA) is 21.3 Å². The van der Waals surface area contributed by atoms with Crippen molar-refractivity contribution in [3.63, 3.8) is 0 Å². The lowest BCUT2D eigenvalue weighted by Gasteiger charge is -2.09. The average molecular weight is 259 g/mol. The van der Waals surface area contributed by atoms with Gasteiger partial charge in [-0.05, 0) is 35.7 Å². The average Bonchev–Trinajstić information content (AvgIpc) is 2.42. The number of halogens is 1. The molecule has 0 aliphatic heterocycles. The molecule has 3 heteroatoms. The number of ether oxygens (including phenoxy) is 1. The number of anilines is 1. The Morgan fingerprint density at radius 2 is 1.74 bits per heavy atom. The van der Waals surface area contributed by atoms with E-state index in [0.29, 0.717) is 18.8 Å². The first-order chi connectivity index (χ1) is 9.19. The Labute approximate surface area is 113 Å². The minimum Gasteiger partial charge on any atom is -0.380 e. The normalized spacial score (nSPS) is 10.5. The van der Waals surface area contributed by atoms with Crippen LogP contribution < -0.4 is 5.32 Å². The fraction of sp³-hybridized carbons (Fsp3) is 0.250. The second-order valence-corrected chi connectivity index (χ2v) is 4.59. The van der Waals surface area contributed by atoms with E-state index in [-0.39, 0.29) is 5.82 Å². The molecule has 2 nitrogen and oxygen atoms in total. The lowest BCUT2D eigenvalue weighted by atomic mass is 10.1. The molecule has 0 aromatic heterocycles. The highest BCUT2D eigenvalue weighted by atomic mass is 19.1. The van der Waals surface area contributed by atoms with E-state index >= 15 is 0 Å². The van der Waals surface area contributed by atoms with Crippen LogP contribution in [0.25, 0.3) is 0 Å². The maximum Gasteiger partial charge on any atom is 0.146 e. The zero-order valence-corrected chi connectivity index (χ0v) is 11.2. The second-order valence-electron chi connectivity index (χ2n) is 4.59. The van der Waals surface area contributed by atoms with Crippen LogP contribution in [0.15, 0.2) is 42.5 Å². The first kappa shape index (κ1) is 13.6. The largest absolute Gasteiger partial charge is 0.380 e. The van der Waals surface area contributed by atoms with Gasteiger partial charge in [-0.2, -0.15) is 0 Å². The molecule has 2 aromatic rings. The van der Waals surface area contributed by atoms with Crippen LogP contribution >= 0.6 is 0 Å². The van der Waals surface area contributed by atoms with Gasteiger partial charge in [0.2, 0.25) is 0 Å². The van der Waals surface area contributed by atoms with Gasteiger partial charge in [-0.3, -0.25) is 0 Å². The molecule has 0 aliphatic carbocycles. The van der Waals surface area contributed by atoms with Gasteiger partial charge in [0.1, 0.15) is 5.82 Å². The summed E-state index contributed by atoms with van der Waals surface area (Å²) in [5, 5.41) is 3.12. The van der Waals surface area contributed by atoms with Crippen LogP contribution in [0.1, 0.15) is 16.7 Å². The van der Waals surface area contributed by atoms with Gasteiger partial charge in [-0.25, -0.2) is 4.39 Å². The van der Waals surface area contributed by atoms with Crippen molar-refractivity contribution in [3.8, 4) is 0 Å². The smallest absolute Gasteiger partial charge is 0.146 e. The van der Waals surface area contributed by atoms with Gasteiger partial charge in [0.15, 0.2) is 0 Å². The monoisotopic (exact) mass is 259 g/mol. The van der Waals surface area contributed by atoms with E-state index in [1.54, 1.807) is 13.2 Å². The lowest BCUT2D eigenvalue weighted by molar-refractivity contribution is 0.185. The van der Waals surface area contributed by atoms with E-state index in [4.69, 9.17) is 4.74 Å². The summed E-state index contributed by atoms with van der Waals surface area (Å²) in [6.45, 7) is 3.16. The van der Waals surface area contributed by atoms with Gasteiger partial charge in [0.25, 0.3) is 0 Å². The Bertz CT molecular complexity index is 537. The highest BCUT2D eigenvalue weighted by molar-refractivity contribution is 5.47. The first-order valence-electron chi connectivity index (χ1n) is 6.26. The molecule has 0 aliphatic rings. The number of aryl methyl sites for hydroxylation is 1. The fourth-order valence-electron chi connectivity index (χ4n) is 1.89. The molecule has 0 unspecified atom stereocenters. The summed E-state index contributed by atoms with van der Waals surface area (Å²) < 4.78 is 18.6. The molecule has 2 rings (SSSR count). The number of methoxy groups -OCH3 is 1. The summed E-state index contributed by atoms with van der Waals surface area (Å²) in [7, 11) is 1.68. The Morgan fingerprint density at radius 3 is 2.42 bits per heavy atom. The van der Waals surface area contributed by atoms with Crippen LogP contribution in [0.2, 0.25) is 0 Å². The van der Waals surface area contributed by atoms with Gasteiger partial charge in [0.05, 0.1) is 12.3 Å². The maximum absolute atomic E-state index is 13.6. The molecular formula is C16H18FNO. The van der Waals surface area contributed by atoms with Crippen LogP contribution in [0.3, 0.4) is 0 Å². The molecule has 0 spiro atoms. The van der Waals surface area contributed by atoms with Crippen LogP contribution in [0.5, 0.6) is 0 Å². The highest BCUT2D eigenvalue weighted by Gasteiger charge is 2.02. The number of nitrogens with one attached hydrogen (secondary N) is 1. The third kappa shape index (κ3) is 3.80. The summed E-state index contributed by atoms with van der Waals surface area (Å²) in [6, 6.07) is 13.2. The lowest BCUT2D eigenvalue weighted by Crippen LogP contribution is -2.02. The van der Waals surface area contributed by atoms with Gasteiger partial charge in [0, 0.05) is 13.7 Å². The van der Waals surface area contributed by atoms with Crippen LogP contribution in [-0.2, 0) is 17.9 Å². The third-order valence-electron chi connectivity index (χ3n) is 2.94. The summed E-state index contributed by atoms with van der Waals surface area (Å²) in [4.78, 5) is 0. The molecule has 2 aromatic carbocycles. The molecule has 0 saturated heterocycles. The molecule has 0 saturated carbocycles. The van der Waals surface area contributed by atoms with Gasteiger partial charge >= 0.3 is 0 Å². The minimum absolute atomic E-state index is 0.221. The Morgan fingerprint density at radius 1 is 1.05 bits per heavy atom. The molecule has 19 heavy (non-hydrogen) atoms. The van der Waals surface area contributed by atoms with Crippen molar-refractivity contribution < 1.29 is 9.13 Å². The van der Waals surface area contributed by atoms with Crippen LogP contribution in [-0.4, -0.2) is 7.11 Å². The number of benzene rings is 2. The summed E-state index contributed by atoms with van der Waals surface area (Å²) in [6.07, 6.45) is 0. The molecule has 0 radical (unpaired) electrons. The van der Waals surface area contributed by atoms with Gasteiger partial charge in [-0.15, -0.1) is 0 Å². The summed E-state index contributed by atoms with van der Waals surface area (Å²) in [5.41, 5.74) is 3.83. The zero-order chi connectivity index (χ0) is 13.7. The van der Waals surface area contributed by atoms with Crippen molar-refractivity contribution in [2.45, 2.75) is 20.1 Å². The van der Waals surface area contributed by atoms with Crippen molar-refractivity contribution >= 4 is 5.69 Å². The van der Waals surface area contributed by atoms with Crippen molar-refractivity contribution in [1.29, 1.82) is 0 Å². The van der Waals surface area contributed by atoms with Crippen molar-refractivity contribution in [2.24, 2.45) is 0 Å². The highest BCUT2D eigenvalue weighted by Crippen LogP contribution is 2.17. The van der Waals surface area contributed by atoms with Crippen LogP contribution in [0.4, 0.5) is 10.1 Å². The zero-order valence-electron chi connectivity index (χ0n) is 11.2. The molecule has 0 fully saturated rings. The molecule has 0 atom stereocenters. The van der Waals surface area contributed by atoms with Crippen molar-refractivity contribution in [3.05, 3.63) is 65.0 Å². The summed E-state index contributed by atoms with van der Waals surface area (Å²) >= 11 is 0. The van der Waals surface area contributed by atoms with Crippen LogP contribution in [0, 0.1) is 12.7 Å². The first-order valence-corrected chi connectivity index (χ1v) is 6.26. The Kier molecular flexibility index (Phi) is 4.53. The molecule has 0 amide bonds. The quantitative estimate of drug-likeness (QED) is 0.879. The summed E-state index contributed by atoms with van der Waals surface area (Å²) in [5.74, 6) is -0.221. The van der Waals surface area contributed by atoms with E-state index in [0.717, 1.165) is 16.7 Å². The van der Waals surface area contributed by atoms with E-state index in [2.05, 4.69) is 5.32 Å². The molecule has 0 heterocycles. The Hall–Kier alpha value is -1.87. The predicted octanol–water partition coefficient (Wildman–Crippen LogP) is 3.89. The number of hydrogen-bond donors (Lipinski definition) is 1. The van der Waals surface area contributed by atoms with E-state index in [9.17, 15) is 4.39 Å². The van der Waals surface area contributed by atoms with Crippen molar-refractivity contribution in [1.82, 2.24) is 0 Å².